The Bertz CT molecular complexity index is 379. The second-order valence-electron chi connectivity index (χ2n) is 3.68. The van der Waals surface area contributed by atoms with E-state index in [1.54, 1.807) is 6.92 Å². The number of hydrogen-bond acceptors (Lipinski definition) is 6. The average Bonchev–Trinajstić information content (AvgIpc) is 2.87. The van der Waals surface area contributed by atoms with Crippen LogP contribution in [-0.2, 0) is 9.53 Å². The minimum Gasteiger partial charge on any atom is -0.408 e. The normalized spacial score (nSPS) is 24.6. The van der Waals surface area contributed by atoms with Crippen LogP contribution in [0.25, 0.3) is 0 Å². The van der Waals surface area contributed by atoms with E-state index in [2.05, 4.69) is 15.5 Å². The van der Waals surface area contributed by atoms with Crippen LogP contribution in [0.4, 0.5) is 6.01 Å². The Hall–Kier alpha value is -1.47. The van der Waals surface area contributed by atoms with Gasteiger partial charge in [0, 0.05) is 13.5 Å². The van der Waals surface area contributed by atoms with Crippen LogP contribution in [0.1, 0.15) is 18.7 Å². The highest BCUT2D eigenvalue weighted by Crippen LogP contribution is 2.20. The number of nitrogens with one attached hydrogen (secondary N) is 1. The van der Waals surface area contributed by atoms with Crippen LogP contribution in [0.5, 0.6) is 0 Å². The molecule has 88 valence electrons. The van der Waals surface area contributed by atoms with Crippen molar-refractivity contribution in [2.24, 2.45) is 5.73 Å². The maximum Gasteiger partial charge on any atom is 0.322 e. The lowest BCUT2D eigenvalue weighted by Gasteiger charge is -2.10. The van der Waals surface area contributed by atoms with Gasteiger partial charge in [-0.2, -0.15) is 0 Å². The summed E-state index contributed by atoms with van der Waals surface area (Å²) in [7, 11) is 0. The van der Waals surface area contributed by atoms with E-state index in [-0.39, 0.29) is 18.0 Å². The highest BCUT2D eigenvalue weighted by atomic mass is 16.5. The molecule has 1 saturated heterocycles. The van der Waals surface area contributed by atoms with E-state index in [0.29, 0.717) is 18.9 Å². The first-order valence-electron chi connectivity index (χ1n) is 5.15. The summed E-state index contributed by atoms with van der Waals surface area (Å²) in [6, 6.07) is 0.0994. The molecule has 0 saturated carbocycles. The monoisotopic (exact) mass is 226 g/mol. The Kier molecular flexibility index (Phi) is 3.16. The minimum atomic E-state index is -0.472. The van der Waals surface area contributed by atoms with E-state index in [9.17, 15) is 4.79 Å². The van der Waals surface area contributed by atoms with Crippen LogP contribution in [0.3, 0.4) is 0 Å². The van der Waals surface area contributed by atoms with Gasteiger partial charge in [0.15, 0.2) is 0 Å². The lowest BCUT2D eigenvalue weighted by Crippen LogP contribution is -2.29. The van der Waals surface area contributed by atoms with Crippen molar-refractivity contribution in [3.05, 3.63) is 5.89 Å². The molecule has 2 atom stereocenters. The van der Waals surface area contributed by atoms with E-state index in [4.69, 9.17) is 14.9 Å². The smallest absolute Gasteiger partial charge is 0.322 e. The third-order valence-corrected chi connectivity index (χ3v) is 2.42. The lowest BCUT2D eigenvalue weighted by molar-refractivity contribution is -0.126. The van der Waals surface area contributed by atoms with Crippen LogP contribution in [0.15, 0.2) is 4.42 Å². The van der Waals surface area contributed by atoms with Gasteiger partial charge in [-0.3, -0.25) is 10.1 Å². The fraction of sp³-hybridized carbons (Fsp3) is 0.667. The highest BCUT2D eigenvalue weighted by molar-refractivity contribution is 5.92. The van der Waals surface area contributed by atoms with E-state index < -0.39 is 6.10 Å². The molecule has 1 fully saturated rings. The van der Waals surface area contributed by atoms with E-state index in [0.717, 1.165) is 6.42 Å². The number of hydrogen-bond donors (Lipinski definition) is 2. The SMILES string of the molecule is Cc1nnc(NC(=O)C2CCC(CN)O2)o1. The van der Waals surface area contributed by atoms with Gasteiger partial charge in [-0.25, -0.2) is 0 Å². The maximum atomic E-state index is 11.7. The van der Waals surface area contributed by atoms with Crippen molar-refractivity contribution in [2.75, 3.05) is 11.9 Å². The summed E-state index contributed by atoms with van der Waals surface area (Å²) in [5.74, 6) is 0.141. The summed E-state index contributed by atoms with van der Waals surface area (Å²) in [5.41, 5.74) is 5.45. The Labute approximate surface area is 92.3 Å². The zero-order valence-corrected chi connectivity index (χ0v) is 8.97. The summed E-state index contributed by atoms with van der Waals surface area (Å²) in [6.45, 7) is 2.09. The number of aryl methyl sites for hydroxylation is 1. The first kappa shape index (κ1) is 11.0. The number of anilines is 1. The fourth-order valence-electron chi connectivity index (χ4n) is 1.60. The van der Waals surface area contributed by atoms with Crippen LogP contribution in [0, 0.1) is 6.92 Å². The molecule has 16 heavy (non-hydrogen) atoms. The molecule has 1 aromatic rings. The van der Waals surface area contributed by atoms with E-state index in [1.807, 2.05) is 0 Å². The zero-order chi connectivity index (χ0) is 11.5. The maximum absolute atomic E-state index is 11.7. The van der Waals surface area contributed by atoms with Gasteiger partial charge in [-0.15, -0.1) is 5.10 Å². The van der Waals surface area contributed by atoms with Gasteiger partial charge in [-0.05, 0) is 12.8 Å². The summed E-state index contributed by atoms with van der Waals surface area (Å²) >= 11 is 0. The minimum absolute atomic E-state index is 0.0276. The molecular weight excluding hydrogens is 212 g/mol. The highest BCUT2D eigenvalue weighted by Gasteiger charge is 2.30. The topological polar surface area (TPSA) is 103 Å². The predicted octanol–water partition coefficient (Wildman–Crippen LogP) is -0.177. The van der Waals surface area contributed by atoms with Gasteiger partial charge < -0.3 is 14.9 Å². The molecule has 0 aliphatic carbocycles. The Morgan fingerprint density at radius 3 is 2.94 bits per heavy atom. The molecule has 7 nitrogen and oxygen atoms in total. The molecule has 1 aliphatic heterocycles. The van der Waals surface area contributed by atoms with E-state index >= 15 is 0 Å². The quantitative estimate of drug-likeness (QED) is 0.741. The lowest BCUT2D eigenvalue weighted by atomic mass is 10.2. The number of amides is 1. The van der Waals surface area contributed by atoms with Crippen molar-refractivity contribution < 1.29 is 13.9 Å². The second kappa shape index (κ2) is 4.58. The van der Waals surface area contributed by atoms with Gasteiger partial charge in [-0.1, -0.05) is 5.10 Å². The third kappa shape index (κ3) is 2.37. The molecule has 7 heteroatoms. The molecule has 2 unspecified atom stereocenters. The molecule has 2 rings (SSSR count). The van der Waals surface area contributed by atoms with Crippen molar-refractivity contribution in [1.82, 2.24) is 10.2 Å². The molecule has 1 aromatic heterocycles. The molecule has 1 aliphatic rings. The van der Waals surface area contributed by atoms with Crippen LogP contribution >= 0.6 is 0 Å². The molecule has 0 bridgehead atoms. The van der Waals surface area contributed by atoms with Gasteiger partial charge in [0.2, 0.25) is 5.89 Å². The molecule has 2 heterocycles. The largest absolute Gasteiger partial charge is 0.408 e. The number of nitrogens with two attached hydrogens (primary N) is 1. The van der Waals surface area contributed by atoms with Crippen molar-refractivity contribution >= 4 is 11.9 Å². The zero-order valence-electron chi connectivity index (χ0n) is 8.97. The number of ether oxygens (including phenoxy) is 1. The Morgan fingerprint density at radius 1 is 1.56 bits per heavy atom. The average molecular weight is 226 g/mol. The molecule has 1 amide bonds. The van der Waals surface area contributed by atoms with Crippen molar-refractivity contribution in [3.63, 3.8) is 0 Å². The molecule has 0 aromatic carbocycles. The standard InChI is InChI=1S/C9H14N4O3/c1-5-12-13-9(15-5)11-8(14)7-3-2-6(4-10)16-7/h6-7H,2-4,10H2,1H3,(H,11,13,14). The molecule has 0 spiro atoms. The number of aromatic nitrogens is 2. The van der Waals surface area contributed by atoms with Crippen molar-refractivity contribution in [2.45, 2.75) is 32.0 Å². The van der Waals surface area contributed by atoms with Crippen molar-refractivity contribution in [3.8, 4) is 0 Å². The van der Waals surface area contributed by atoms with Gasteiger partial charge in [0.25, 0.3) is 5.91 Å². The summed E-state index contributed by atoms with van der Waals surface area (Å²) < 4.78 is 10.5. The molecule has 3 N–H and O–H groups in total. The summed E-state index contributed by atoms with van der Waals surface area (Å²) in [4.78, 5) is 11.7. The summed E-state index contributed by atoms with van der Waals surface area (Å²) in [6.07, 6.45) is 0.971. The Balaban J connectivity index is 1.89. The first-order valence-corrected chi connectivity index (χ1v) is 5.15. The molecule has 0 radical (unpaired) electrons. The fourth-order valence-corrected chi connectivity index (χ4v) is 1.60. The first-order chi connectivity index (χ1) is 7.69. The number of rotatable bonds is 3. The predicted molar refractivity (Wildman–Crippen MR) is 54.6 cm³/mol. The van der Waals surface area contributed by atoms with Crippen LogP contribution in [0.2, 0.25) is 0 Å². The number of carbonyl (C=O) groups excluding carboxylic acids is 1. The third-order valence-electron chi connectivity index (χ3n) is 2.42. The van der Waals surface area contributed by atoms with Crippen LogP contribution in [-0.4, -0.2) is 34.9 Å². The van der Waals surface area contributed by atoms with Gasteiger partial charge in [0.1, 0.15) is 6.10 Å². The number of nitrogens with zero attached hydrogens (tertiary/aromatic N) is 2. The molecular formula is C9H14N4O3. The van der Waals surface area contributed by atoms with Gasteiger partial charge in [0.05, 0.1) is 6.10 Å². The van der Waals surface area contributed by atoms with E-state index in [1.165, 1.54) is 0 Å². The van der Waals surface area contributed by atoms with Crippen LogP contribution < -0.4 is 11.1 Å². The van der Waals surface area contributed by atoms with Gasteiger partial charge >= 0.3 is 6.01 Å². The Morgan fingerprint density at radius 2 is 2.38 bits per heavy atom. The summed E-state index contributed by atoms with van der Waals surface area (Å²) in [5, 5.41) is 9.78. The number of carbonyl (C=O) groups is 1. The van der Waals surface area contributed by atoms with Crippen molar-refractivity contribution in [1.29, 1.82) is 0 Å². The second-order valence-corrected chi connectivity index (χ2v) is 3.68.